The summed E-state index contributed by atoms with van der Waals surface area (Å²) >= 11 is 0.879. The van der Waals surface area contributed by atoms with Crippen LogP contribution in [0.5, 0.6) is 5.75 Å². The van der Waals surface area contributed by atoms with Crippen LogP contribution < -0.4 is 9.46 Å². The highest BCUT2D eigenvalue weighted by molar-refractivity contribution is 7.93. The first-order valence-corrected chi connectivity index (χ1v) is 10.8. The number of esters is 1. The molecule has 2 aromatic carbocycles. The fourth-order valence-electron chi connectivity index (χ4n) is 2.66. The number of rotatable bonds is 7. The van der Waals surface area contributed by atoms with Gasteiger partial charge in [0.25, 0.3) is 10.0 Å². The van der Waals surface area contributed by atoms with Gasteiger partial charge in [-0.25, -0.2) is 17.6 Å². The molecule has 1 aromatic heterocycles. The highest BCUT2D eigenvalue weighted by atomic mass is 32.2. The zero-order valence-electron chi connectivity index (χ0n) is 15.2. The molecule has 0 bridgehead atoms. The fraction of sp³-hybridized carbons (Fsp3) is 0.211. The Morgan fingerprint density at radius 1 is 1.11 bits per heavy atom. The van der Waals surface area contributed by atoms with Gasteiger partial charge in [0.15, 0.2) is 0 Å². The fourth-order valence-corrected chi connectivity index (χ4v) is 5.53. The number of halogens is 1. The SMILES string of the molecule is CCOC(=O)c1sc2cccc(F)c2c1S(=O)(=O)Nc1ccc(OCC)cc1. The van der Waals surface area contributed by atoms with Gasteiger partial charge >= 0.3 is 5.97 Å². The predicted octanol–water partition coefficient (Wildman–Crippen LogP) is 4.42. The first-order chi connectivity index (χ1) is 13.4. The monoisotopic (exact) mass is 423 g/mol. The first-order valence-electron chi connectivity index (χ1n) is 8.51. The van der Waals surface area contributed by atoms with E-state index in [2.05, 4.69) is 4.72 Å². The molecule has 0 saturated carbocycles. The normalized spacial score (nSPS) is 11.4. The molecule has 0 unspecified atom stereocenters. The summed E-state index contributed by atoms with van der Waals surface area (Å²) in [7, 11) is -4.26. The van der Waals surface area contributed by atoms with Crippen molar-refractivity contribution in [1.29, 1.82) is 0 Å². The van der Waals surface area contributed by atoms with E-state index in [1.165, 1.54) is 18.2 Å². The summed E-state index contributed by atoms with van der Waals surface area (Å²) in [5.74, 6) is -0.948. The van der Waals surface area contributed by atoms with Gasteiger partial charge in [-0.05, 0) is 50.2 Å². The number of fused-ring (bicyclic) bond motifs is 1. The summed E-state index contributed by atoms with van der Waals surface area (Å²) < 4.78 is 53.6. The molecular weight excluding hydrogens is 405 g/mol. The van der Waals surface area contributed by atoms with Crippen LogP contribution in [0, 0.1) is 5.82 Å². The lowest BCUT2D eigenvalue weighted by atomic mass is 10.2. The molecule has 0 spiro atoms. The van der Waals surface area contributed by atoms with Crippen LogP contribution in [0.4, 0.5) is 10.1 Å². The van der Waals surface area contributed by atoms with Crippen LogP contribution in [0.25, 0.3) is 10.1 Å². The van der Waals surface area contributed by atoms with Crippen LogP contribution in [-0.2, 0) is 14.8 Å². The number of benzene rings is 2. The number of hydrogen-bond acceptors (Lipinski definition) is 6. The van der Waals surface area contributed by atoms with Crippen molar-refractivity contribution in [3.05, 3.63) is 53.2 Å². The van der Waals surface area contributed by atoms with E-state index in [9.17, 15) is 17.6 Å². The van der Waals surface area contributed by atoms with Crippen molar-refractivity contribution in [2.45, 2.75) is 18.7 Å². The van der Waals surface area contributed by atoms with Gasteiger partial charge in [0.05, 0.1) is 13.2 Å². The van der Waals surface area contributed by atoms with Gasteiger partial charge in [-0.1, -0.05) is 6.07 Å². The summed E-state index contributed by atoms with van der Waals surface area (Å²) in [5.41, 5.74) is 0.258. The van der Waals surface area contributed by atoms with E-state index in [1.807, 2.05) is 6.92 Å². The summed E-state index contributed by atoms with van der Waals surface area (Å²) in [5, 5.41) is -0.131. The highest BCUT2D eigenvalue weighted by Gasteiger charge is 2.31. The van der Waals surface area contributed by atoms with Gasteiger partial charge in [0, 0.05) is 15.8 Å². The molecule has 28 heavy (non-hydrogen) atoms. The maximum atomic E-state index is 14.5. The minimum Gasteiger partial charge on any atom is -0.494 e. The zero-order valence-corrected chi connectivity index (χ0v) is 16.8. The average Bonchev–Trinajstić information content (AvgIpc) is 3.06. The molecule has 3 aromatic rings. The van der Waals surface area contributed by atoms with Gasteiger partial charge in [0.2, 0.25) is 0 Å². The minimum atomic E-state index is -4.26. The van der Waals surface area contributed by atoms with E-state index in [-0.39, 0.29) is 22.6 Å². The van der Waals surface area contributed by atoms with Crippen LogP contribution in [0.2, 0.25) is 0 Å². The minimum absolute atomic E-state index is 0.0708. The van der Waals surface area contributed by atoms with Crippen LogP contribution >= 0.6 is 11.3 Å². The third-order valence-electron chi connectivity index (χ3n) is 3.77. The third-order valence-corrected chi connectivity index (χ3v) is 6.48. The maximum absolute atomic E-state index is 14.5. The molecule has 6 nitrogen and oxygen atoms in total. The number of nitrogens with one attached hydrogen (secondary N) is 1. The molecular formula is C19H18FNO5S2. The van der Waals surface area contributed by atoms with Crippen molar-refractivity contribution in [3.63, 3.8) is 0 Å². The molecule has 1 N–H and O–H groups in total. The van der Waals surface area contributed by atoms with E-state index in [1.54, 1.807) is 25.1 Å². The Hall–Kier alpha value is -2.65. The van der Waals surface area contributed by atoms with Gasteiger partial charge in [-0.2, -0.15) is 0 Å². The molecule has 9 heteroatoms. The maximum Gasteiger partial charge on any atom is 0.349 e. The lowest BCUT2D eigenvalue weighted by Gasteiger charge is -2.10. The molecule has 1 heterocycles. The lowest BCUT2D eigenvalue weighted by molar-refractivity contribution is 0.0528. The second kappa shape index (κ2) is 8.15. The van der Waals surface area contributed by atoms with Crippen LogP contribution in [0.1, 0.15) is 23.5 Å². The van der Waals surface area contributed by atoms with Crippen molar-refractivity contribution in [2.75, 3.05) is 17.9 Å². The molecule has 3 rings (SSSR count). The molecule has 0 saturated heterocycles. The smallest absolute Gasteiger partial charge is 0.349 e. The summed E-state index contributed by atoms with van der Waals surface area (Å²) in [6.45, 7) is 4.00. The van der Waals surface area contributed by atoms with Crippen molar-refractivity contribution < 1.29 is 27.1 Å². The Kier molecular flexibility index (Phi) is 5.85. The number of carbonyl (C=O) groups excluding carboxylic acids is 1. The number of hydrogen-bond donors (Lipinski definition) is 1. The number of anilines is 1. The molecule has 0 amide bonds. The van der Waals surface area contributed by atoms with Gasteiger partial charge in [-0.3, -0.25) is 4.72 Å². The van der Waals surface area contributed by atoms with Crippen LogP contribution in [0.3, 0.4) is 0 Å². The van der Waals surface area contributed by atoms with E-state index < -0.39 is 26.7 Å². The molecule has 0 fully saturated rings. The van der Waals surface area contributed by atoms with E-state index in [4.69, 9.17) is 9.47 Å². The van der Waals surface area contributed by atoms with Gasteiger partial charge in [-0.15, -0.1) is 11.3 Å². The van der Waals surface area contributed by atoms with E-state index in [0.29, 0.717) is 17.1 Å². The predicted molar refractivity (Wildman–Crippen MR) is 106 cm³/mol. The van der Waals surface area contributed by atoms with Crippen molar-refractivity contribution in [1.82, 2.24) is 0 Å². The second-order valence-corrected chi connectivity index (χ2v) is 8.33. The molecule has 0 aliphatic rings. The topological polar surface area (TPSA) is 81.7 Å². The highest BCUT2D eigenvalue weighted by Crippen LogP contribution is 2.37. The molecule has 0 aliphatic carbocycles. The summed E-state index contributed by atoms with van der Waals surface area (Å²) in [6.07, 6.45) is 0. The van der Waals surface area contributed by atoms with Crippen LogP contribution in [-0.4, -0.2) is 27.6 Å². The number of carbonyl (C=O) groups is 1. The van der Waals surface area contributed by atoms with E-state index >= 15 is 0 Å². The zero-order chi connectivity index (χ0) is 20.3. The van der Waals surface area contributed by atoms with Crippen molar-refractivity contribution in [3.8, 4) is 5.75 Å². The Bertz CT molecular complexity index is 1110. The average molecular weight is 423 g/mol. The van der Waals surface area contributed by atoms with Gasteiger partial charge < -0.3 is 9.47 Å². The number of thiophene rings is 1. The first kappa shape index (κ1) is 20.1. The Morgan fingerprint density at radius 3 is 2.46 bits per heavy atom. The van der Waals surface area contributed by atoms with Crippen LogP contribution in [0.15, 0.2) is 47.4 Å². The van der Waals surface area contributed by atoms with Crippen molar-refractivity contribution in [2.24, 2.45) is 0 Å². The second-order valence-electron chi connectivity index (χ2n) is 5.66. The molecule has 148 valence electrons. The summed E-state index contributed by atoms with van der Waals surface area (Å²) in [6, 6.07) is 10.4. The number of ether oxygens (including phenoxy) is 2. The van der Waals surface area contributed by atoms with Gasteiger partial charge in [0.1, 0.15) is 21.3 Å². The molecule has 0 atom stereocenters. The Balaban J connectivity index is 2.09. The van der Waals surface area contributed by atoms with Crippen molar-refractivity contribution >= 4 is 43.1 Å². The lowest BCUT2D eigenvalue weighted by Crippen LogP contribution is -2.17. The number of sulfonamides is 1. The Labute approximate surface area is 166 Å². The standard InChI is InChI=1S/C19H18FNO5S2/c1-3-25-13-10-8-12(9-11-13)21-28(23,24)18-16-14(20)6-5-7-15(16)27-17(18)19(22)26-4-2/h5-11,21H,3-4H2,1-2H3. The molecule has 0 radical (unpaired) electrons. The quantitative estimate of drug-likeness (QED) is 0.569. The summed E-state index contributed by atoms with van der Waals surface area (Å²) in [4.78, 5) is 11.7. The van der Waals surface area contributed by atoms with E-state index in [0.717, 1.165) is 17.4 Å². The largest absolute Gasteiger partial charge is 0.494 e. The molecule has 0 aliphatic heterocycles. The third kappa shape index (κ3) is 3.95. The Morgan fingerprint density at radius 2 is 1.82 bits per heavy atom.